The zero-order valence-electron chi connectivity index (χ0n) is 20.8. The zero-order valence-corrected chi connectivity index (χ0v) is 20.8. The fraction of sp³-hybridized carbons (Fsp3) is 0.296. The van der Waals surface area contributed by atoms with Gasteiger partial charge in [0.2, 0.25) is 0 Å². The summed E-state index contributed by atoms with van der Waals surface area (Å²) in [7, 11) is 3.07. The van der Waals surface area contributed by atoms with Gasteiger partial charge in [0.1, 0.15) is 18.5 Å². The van der Waals surface area contributed by atoms with Crippen LogP contribution in [0.2, 0.25) is 0 Å². The molecule has 0 aliphatic rings. The van der Waals surface area contributed by atoms with Gasteiger partial charge in [-0.3, -0.25) is 13.9 Å². The topological polar surface area (TPSA) is 119 Å². The van der Waals surface area contributed by atoms with Crippen LogP contribution in [-0.2, 0) is 20.6 Å². The van der Waals surface area contributed by atoms with E-state index in [1.807, 2.05) is 36.4 Å². The number of ether oxygens (including phenoxy) is 1. The van der Waals surface area contributed by atoms with E-state index >= 15 is 0 Å². The highest BCUT2D eigenvalue weighted by Gasteiger charge is 2.14. The van der Waals surface area contributed by atoms with Crippen molar-refractivity contribution in [3.63, 3.8) is 0 Å². The van der Waals surface area contributed by atoms with Gasteiger partial charge in [0.25, 0.3) is 5.56 Å². The molecule has 0 saturated heterocycles. The summed E-state index contributed by atoms with van der Waals surface area (Å²) in [5.74, 6) is 0.720. The van der Waals surface area contributed by atoms with Crippen LogP contribution in [0.1, 0.15) is 6.42 Å². The van der Waals surface area contributed by atoms with Gasteiger partial charge in [0.05, 0.1) is 6.33 Å². The van der Waals surface area contributed by atoms with Gasteiger partial charge >= 0.3 is 5.69 Å². The second kappa shape index (κ2) is 10.5. The van der Waals surface area contributed by atoms with Gasteiger partial charge in [0, 0.05) is 43.8 Å². The van der Waals surface area contributed by atoms with Gasteiger partial charge in [-0.05, 0) is 36.7 Å². The fourth-order valence-corrected chi connectivity index (χ4v) is 4.48. The van der Waals surface area contributed by atoms with Crippen LogP contribution in [0.5, 0.6) is 5.75 Å². The van der Waals surface area contributed by atoms with E-state index in [1.54, 1.807) is 17.9 Å². The van der Waals surface area contributed by atoms with Crippen molar-refractivity contribution in [3.05, 3.63) is 81.8 Å². The number of rotatable bonds is 10. The van der Waals surface area contributed by atoms with Crippen molar-refractivity contribution >= 4 is 22.1 Å². The van der Waals surface area contributed by atoms with E-state index in [0.717, 1.165) is 38.9 Å². The molecule has 0 fully saturated rings. The van der Waals surface area contributed by atoms with Gasteiger partial charge < -0.3 is 24.7 Å². The summed E-state index contributed by atoms with van der Waals surface area (Å²) in [6.07, 6.45) is 1.62. The Morgan fingerprint density at radius 1 is 1.08 bits per heavy atom. The first kappa shape index (κ1) is 24.5. The van der Waals surface area contributed by atoms with Crippen molar-refractivity contribution in [1.82, 2.24) is 29.0 Å². The van der Waals surface area contributed by atoms with E-state index < -0.39 is 11.8 Å². The van der Waals surface area contributed by atoms with Crippen molar-refractivity contribution in [2.45, 2.75) is 19.1 Å². The summed E-state index contributed by atoms with van der Waals surface area (Å²) in [6, 6.07) is 18.0. The lowest BCUT2D eigenvalue weighted by molar-refractivity contribution is 0.107. The van der Waals surface area contributed by atoms with E-state index in [9.17, 15) is 14.7 Å². The quantitative estimate of drug-likeness (QED) is 0.251. The fourth-order valence-electron chi connectivity index (χ4n) is 4.48. The van der Waals surface area contributed by atoms with Gasteiger partial charge in [0.15, 0.2) is 11.2 Å². The van der Waals surface area contributed by atoms with Gasteiger partial charge in [-0.15, -0.1) is 0 Å². The highest BCUT2D eigenvalue weighted by molar-refractivity contribution is 5.90. The Labute approximate surface area is 212 Å². The average Bonchev–Trinajstić information content (AvgIpc) is 3.55. The minimum absolute atomic E-state index is 0.161. The van der Waals surface area contributed by atoms with Crippen LogP contribution >= 0.6 is 0 Å². The SMILES string of the molecule is Cn1c(=O)c2c(ncn2CCCNCC(O)COc2cccc3[nH]c(-c4ccccc4)cc23)n(C)c1=O. The summed E-state index contributed by atoms with van der Waals surface area (Å²) in [5.41, 5.74) is 3.12. The van der Waals surface area contributed by atoms with Crippen molar-refractivity contribution in [3.8, 4) is 17.0 Å². The number of H-pyrrole nitrogens is 1. The summed E-state index contributed by atoms with van der Waals surface area (Å²) in [5, 5.41) is 14.6. The van der Waals surface area contributed by atoms with Crippen molar-refractivity contribution in [2.24, 2.45) is 14.1 Å². The third-order valence-electron chi connectivity index (χ3n) is 6.49. The predicted octanol–water partition coefficient (Wildman–Crippen LogP) is 2.00. The number of aliphatic hydroxyl groups is 1. The molecule has 37 heavy (non-hydrogen) atoms. The van der Waals surface area contributed by atoms with Gasteiger partial charge in [-0.1, -0.05) is 36.4 Å². The number of nitrogens with one attached hydrogen (secondary N) is 2. The molecule has 10 nitrogen and oxygen atoms in total. The Morgan fingerprint density at radius 2 is 1.89 bits per heavy atom. The standard InChI is InChI=1S/C27H30N6O4/c1-31-25-24(26(35)32(2)27(31)36)33(17-29-25)13-7-12-28-15-19(34)16-37-23-11-6-10-21-20(23)14-22(30-21)18-8-4-3-5-9-18/h3-6,8-11,14,17,19,28,30,34H,7,12-13,15-16H2,1-2H3. The van der Waals surface area contributed by atoms with Crippen LogP contribution in [0, 0.1) is 0 Å². The molecule has 3 aromatic heterocycles. The molecule has 1 atom stereocenters. The molecular weight excluding hydrogens is 472 g/mol. The lowest BCUT2D eigenvalue weighted by atomic mass is 10.1. The smallest absolute Gasteiger partial charge is 0.332 e. The molecule has 5 aromatic rings. The molecule has 3 heterocycles. The van der Waals surface area contributed by atoms with Crippen LogP contribution in [0.4, 0.5) is 0 Å². The van der Waals surface area contributed by atoms with E-state index in [1.165, 1.54) is 11.6 Å². The number of fused-ring (bicyclic) bond motifs is 2. The number of aromatic nitrogens is 5. The monoisotopic (exact) mass is 502 g/mol. The third-order valence-corrected chi connectivity index (χ3v) is 6.49. The number of hydrogen-bond acceptors (Lipinski definition) is 6. The Bertz CT molecular complexity index is 1650. The maximum absolute atomic E-state index is 12.5. The van der Waals surface area contributed by atoms with Gasteiger partial charge in [-0.25, -0.2) is 9.78 Å². The second-order valence-electron chi connectivity index (χ2n) is 9.10. The molecule has 0 spiro atoms. The molecule has 1 unspecified atom stereocenters. The average molecular weight is 503 g/mol. The molecule has 2 aromatic carbocycles. The number of benzene rings is 2. The van der Waals surface area contributed by atoms with Crippen LogP contribution < -0.4 is 21.3 Å². The first-order valence-electron chi connectivity index (χ1n) is 12.2. The summed E-state index contributed by atoms with van der Waals surface area (Å²) >= 11 is 0. The number of aryl methyl sites for hydroxylation is 2. The third kappa shape index (κ3) is 4.93. The minimum atomic E-state index is -0.682. The molecule has 0 saturated carbocycles. The molecule has 3 N–H and O–H groups in total. The lowest BCUT2D eigenvalue weighted by Gasteiger charge is -2.14. The number of aromatic amines is 1. The molecule has 0 bridgehead atoms. The Kier molecular flexibility index (Phi) is 6.93. The highest BCUT2D eigenvalue weighted by atomic mass is 16.5. The summed E-state index contributed by atoms with van der Waals surface area (Å²) < 4.78 is 10.2. The number of hydrogen-bond donors (Lipinski definition) is 3. The van der Waals surface area contributed by atoms with E-state index in [4.69, 9.17) is 4.74 Å². The van der Waals surface area contributed by atoms with Crippen LogP contribution in [0.3, 0.4) is 0 Å². The first-order valence-corrected chi connectivity index (χ1v) is 12.2. The molecule has 10 heteroatoms. The minimum Gasteiger partial charge on any atom is -0.490 e. The second-order valence-corrected chi connectivity index (χ2v) is 9.10. The van der Waals surface area contributed by atoms with Crippen molar-refractivity contribution in [1.29, 1.82) is 0 Å². The number of imidazole rings is 1. The van der Waals surface area contributed by atoms with Crippen LogP contribution in [0.25, 0.3) is 33.3 Å². The zero-order chi connectivity index (χ0) is 25.9. The number of nitrogens with zero attached hydrogens (tertiary/aromatic N) is 4. The van der Waals surface area contributed by atoms with Crippen molar-refractivity contribution < 1.29 is 9.84 Å². The van der Waals surface area contributed by atoms with Crippen LogP contribution in [-0.4, -0.2) is 54.6 Å². The van der Waals surface area contributed by atoms with Crippen molar-refractivity contribution in [2.75, 3.05) is 19.7 Å². The maximum Gasteiger partial charge on any atom is 0.332 e. The van der Waals surface area contributed by atoms with E-state index in [-0.39, 0.29) is 12.2 Å². The van der Waals surface area contributed by atoms with E-state index in [2.05, 4.69) is 33.5 Å². The Hall–Kier alpha value is -4.15. The van der Waals surface area contributed by atoms with E-state index in [0.29, 0.717) is 30.8 Å². The Morgan fingerprint density at radius 3 is 2.70 bits per heavy atom. The molecule has 5 rings (SSSR count). The normalized spacial score (nSPS) is 12.4. The maximum atomic E-state index is 12.5. The van der Waals surface area contributed by atoms with Crippen LogP contribution in [0.15, 0.2) is 70.5 Å². The Balaban J connectivity index is 1.12. The first-order chi connectivity index (χ1) is 17.9. The summed E-state index contributed by atoms with van der Waals surface area (Å²) in [4.78, 5) is 32.3. The molecule has 0 radical (unpaired) electrons. The predicted molar refractivity (Wildman–Crippen MR) is 143 cm³/mol. The summed E-state index contributed by atoms with van der Waals surface area (Å²) in [6.45, 7) is 1.73. The molecule has 0 aliphatic heterocycles. The molecular formula is C27H30N6O4. The molecule has 192 valence electrons. The molecule has 0 aliphatic carbocycles. The molecule has 0 amide bonds. The number of aliphatic hydroxyl groups excluding tert-OH is 1. The largest absolute Gasteiger partial charge is 0.490 e. The highest BCUT2D eigenvalue weighted by Crippen LogP contribution is 2.30. The lowest BCUT2D eigenvalue weighted by Crippen LogP contribution is -2.37. The van der Waals surface area contributed by atoms with Gasteiger partial charge in [-0.2, -0.15) is 0 Å².